The predicted octanol–water partition coefficient (Wildman–Crippen LogP) is -5.83. The van der Waals surface area contributed by atoms with Gasteiger partial charge in [0.2, 0.25) is 0 Å². The molecule has 8 heavy (non-hydrogen) atoms. The summed E-state index contributed by atoms with van der Waals surface area (Å²) in [7, 11) is -5.39. The molecule has 44 valence electrons. The maximum Gasteiger partial charge on any atom is 2.00 e. The molecule has 0 saturated carbocycles. The van der Waals surface area contributed by atoms with Gasteiger partial charge in [-0.2, -0.15) is 7.82 Å². The molecule has 0 spiro atoms. The van der Waals surface area contributed by atoms with E-state index in [0.29, 0.717) is 0 Å². The van der Waals surface area contributed by atoms with Crippen LogP contribution >= 0.6 is 7.82 Å². The van der Waals surface area contributed by atoms with Gasteiger partial charge in [-0.1, -0.05) is 0 Å². The van der Waals surface area contributed by atoms with Crippen molar-refractivity contribution in [1.29, 1.82) is 0 Å². The third kappa shape index (κ3) is 117. The molecule has 0 aliphatic heterocycles. The van der Waals surface area contributed by atoms with E-state index in [-0.39, 0.29) is 52.7 Å². The van der Waals surface area contributed by atoms with Gasteiger partial charge in [-0.15, -0.1) is 0 Å². The molecule has 0 aliphatic carbocycles. The Balaban J connectivity index is -0.0000000267. The van der Waals surface area contributed by atoms with Crippen LogP contribution in [0.1, 0.15) is 0 Å². The van der Waals surface area contributed by atoms with Crippen LogP contribution in [0, 0.1) is 0 Å². The van der Waals surface area contributed by atoms with E-state index in [4.69, 9.17) is 19.2 Å². The van der Waals surface area contributed by atoms with E-state index in [2.05, 4.69) is 0 Å². The van der Waals surface area contributed by atoms with Crippen molar-refractivity contribution in [1.82, 2.24) is 0 Å². The first kappa shape index (κ1) is 22.6. The van der Waals surface area contributed by atoms with Gasteiger partial charge in [0.05, 0.1) is 0 Å². The second kappa shape index (κ2) is 8.73. The van der Waals surface area contributed by atoms with Gasteiger partial charge in [-0.25, -0.2) is 0 Å². The van der Waals surface area contributed by atoms with Gasteiger partial charge in [0.1, 0.15) is 0 Å². The van der Waals surface area contributed by atoms with Crippen molar-refractivity contribution < 1.29 is 72.0 Å². The van der Waals surface area contributed by atoms with Crippen LogP contribution in [-0.2, 0) is 38.4 Å². The fourth-order valence-corrected chi connectivity index (χ4v) is 0. The molecule has 0 aromatic carbocycles. The van der Waals surface area contributed by atoms with Gasteiger partial charge >= 0.3 is 52.7 Å². The van der Waals surface area contributed by atoms with Crippen molar-refractivity contribution in [3.8, 4) is 0 Å². The first-order valence-electron chi connectivity index (χ1n) is 0.730. The third-order valence-corrected chi connectivity index (χ3v) is 0. The zero-order valence-corrected chi connectivity index (χ0v) is 6.91. The van der Waals surface area contributed by atoms with Gasteiger partial charge in [0.25, 0.3) is 0 Å². The van der Waals surface area contributed by atoms with Crippen molar-refractivity contribution in [3.63, 3.8) is 0 Å². The van der Waals surface area contributed by atoms with Gasteiger partial charge < -0.3 is 19.2 Å². The Hall–Kier alpha value is 1.73. The first-order chi connectivity index (χ1) is 2.00. The van der Waals surface area contributed by atoms with E-state index < -0.39 is 7.82 Å². The molecular weight excluding hydrogens is 216 g/mol. The monoisotopic (exact) mass is 216 g/mol. The van der Waals surface area contributed by atoms with Crippen LogP contribution in [0.25, 0.3) is 0 Å². The molecule has 0 amide bonds. The molecule has 0 aromatic heterocycles. The summed E-state index contributed by atoms with van der Waals surface area (Å²) in [5.41, 5.74) is 0. The van der Waals surface area contributed by atoms with Crippen molar-refractivity contribution >= 4 is 7.82 Å². The second-order valence-electron chi connectivity index (χ2n) is 0.447. The first-order valence-corrected chi connectivity index (χ1v) is 2.19. The summed E-state index contributed by atoms with van der Waals surface area (Å²) in [5, 5.41) is 0. The van der Waals surface area contributed by atoms with Crippen molar-refractivity contribution in [2.24, 2.45) is 0 Å². The Morgan fingerprint density at radius 3 is 1.12 bits per heavy atom. The van der Waals surface area contributed by atoms with E-state index in [1.54, 1.807) is 0 Å². The van der Waals surface area contributed by atoms with E-state index >= 15 is 0 Å². The fraction of sp³-hybridized carbons (Fsp3) is 0. The normalized spacial score (nSPS) is 7.38. The quantitative estimate of drug-likeness (QED) is 0.298. The molecule has 0 rings (SSSR count). The molecule has 0 aliphatic rings. The minimum Gasteiger partial charge on any atom is -0.822 e. The van der Waals surface area contributed by atoms with E-state index in [0.717, 1.165) is 0 Å². The van der Waals surface area contributed by atoms with Crippen molar-refractivity contribution in [2.45, 2.75) is 0 Å². The third-order valence-electron chi connectivity index (χ3n) is 0. The van der Waals surface area contributed by atoms with Crippen molar-refractivity contribution in [2.75, 3.05) is 0 Å². The summed E-state index contributed by atoms with van der Waals surface area (Å²) in [6.07, 6.45) is 0. The Kier molecular flexibility index (Phi) is 24.7. The summed E-state index contributed by atoms with van der Waals surface area (Å²) in [6.45, 7) is 0. The van der Waals surface area contributed by atoms with Crippen LogP contribution in [0.5, 0.6) is 0 Å². The van der Waals surface area contributed by atoms with E-state index in [9.17, 15) is 0 Å². The Labute approximate surface area is 79.5 Å². The molecule has 0 N–H and O–H groups in total. The standard InChI is InChI=1S/Co.Li.Mn.H3O4P/c;;;1-5(2,3)4/h;;;(H3,1,2,3,4)/q+2;+1;+2;/p-3. The van der Waals surface area contributed by atoms with Crippen LogP contribution in [0.4, 0.5) is 0 Å². The topological polar surface area (TPSA) is 86.2 Å². The second-order valence-corrected chi connectivity index (χ2v) is 1.34. The van der Waals surface area contributed by atoms with Crippen LogP contribution in [0.2, 0.25) is 0 Å². The number of hydrogen-bond acceptors (Lipinski definition) is 4. The predicted molar refractivity (Wildman–Crippen MR) is 7.61 cm³/mol. The average Bonchev–Trinajstić information content (AvgIpc) is 0.722. The molecular formula is CoLiMnO4P+2. The largest absolute Gasteiger partial charge is 2.00 e. The summed E-state index contributed by atoms with van der Waals surface area (Å²) >= 11 is 0. The summed E-state index contributed by atoms with van der Waals surface area (Å²) in [4.78, 5) is 25.6. The fourth-order valence-electron chi connectivity index (χ4n) is 0. The molecule has 0 atom stereocenters. The molecule has 4 nitrogen and oxygen atoms in total. The van der Waals surface area contributed by atoms with Crippen LogP contribution < -0.4 is 33.5 Å². The Bertz CT molecular complexity index is 62.2. The summed E-state index contributed by atoms with van der Waals surface area (Å²) < 4.78 is 8.55. The molecule has 0 saturated heterocycles. The zero-order valence-electron chi connectivity index (χ0n) is 3.79. The summed E-state index contributed by atoms with van der Waals surface area (Å²) in [6, 6.07) is 0. The van der Waals surface area contributed by atoms with Crippen molar-refractivity contribution in [3.05, 3.63) is 0 Å². The minimum atomic E-state index is -5.39. The maximum absolute atomic E-state index is 8.55. The Morgan fingerprint density at radius 2 is 1.12 bits per heavy atom. The average molecular weight is 216 g/mol. The van der Waals surface area contributed by atoms with Crippen LogP contribution in [0.15, 0.2) is 0 Å². The molecule has 8 heteroatoms. The Morgan fingerprint density at radius 1 is 1.12 bits per heavy atom. The zero-order chi connectivity index (χ0) is 4.50. The van der Waals surface area contributed by atoms with E-state index in [1.807, 2.05) is 0 Å². The molecule has 0 bridgehead atoms. The molecule has 0 aromatic rings. The number of rotatable bonds is 0. The van der Waals surface area contributed by atoms with Gasteiger partial charge in [-0.05, 0) is 0 Å². The van der Waals surface area contributed by atoms with Crippen LogP contribution in [-0.4, -0.2) is 0 Å². The minimum absolute atomic E-state index is 0. The molecule has 0 heterocycles. The summed E-state index contributed by atoms with van der Waals surface area (Å²) in [5.74, 6) is 0. The molecule has 0 fully saturated rings. The number of phosphoric acid groups is 1. The SMILES string of the molecule is O=P([O-])([O-])[O-].[Co+2].[Li+].[Mn+2]. The molecule has 2 radical (unpaired) electrons. The molecule has 0 unspecified atom stereocenters. The maximum atomic E-state index is 8.55. The van der Waals surface area contributed by atoms with Gasteiger partial charge in [0.15, 0.2) is 0 Å². The van der Waals surface area contributed by atoms with Gasteiger partial charge in [0, 0.05) is 0 Å². The smallest absolute Gasteiger partial charge is 0.822 e. The van der Waals surface area contributed by atoms with Gasteiger partial charge in [-0.3, -0.25) is 0 Å². The van der Waals surface area contributed by atoms with E-state index in [1.165, 1.54) is 0 Å². The number of hydrogen-bond donors (Lipinski definition) is 0. The van der Waals surface area contributed by atoms with Crippen LogP contribution in [0.3, 0.4) is 0 Å².